The molecule has 0 unspecified atom stereocenters. The Morgan fingerprint density at radius 1 is 1.24 bits per heavy atom. The second-order valence-electron chi connectivity index (χ2n) is 3.78. The van der Waals surface area contributed by atoms with E-state index in [1.54, 1.807) is 24.3 Å². The lowest BCUT2D eigenvalue weighted by atomic mass is 10.2. The van der Waals surface area contributed by atoms with E-state index in [2.05, 4.69) is 10.5 Å². The van der Waals surface area contributed by atoms with Crippen molar-refractivity contribution >= 4 is 17.4 Å². The van der Waals surface area contributed by atoms with Crippen molar-refractivity contribution < 1.29 is 14.6 Å². The van der Waals surface area contributed by atoms with Crippen molar-refractivity contribution in [2.75, 3.05) is 18.6 Å². The van der Waals surface area contributed by atoms with Gasteiger partial charge in [0, 0.05) is 18.6 Å². The summed E-state index contributed by atoms with van der Waals surface area (Å²) < 4.78 is 5.22. The van der Waals surface area contributed by atoms with Crippen LogP contribution in [0.1, 0.15) is 23.2 Å². The van der Waals surface area contributed by atoms with E-state index in [1.165, 1.54) is 0 Å². The van der Waals surface area contributed by atoms with Crippen molar-refractivity contribution in [2.45, 2.75) is 12.8 Å². The van der Waals surface area contributed by atoms with Crippen LogP contribution in [0.25, 0.3) is 0 Å². The molecule has 90 valence electrons. The topological polar surface area (TPSA) is 70.9 Å². The zero-order valence-electron chi connectivity index (χ0n) is 9.35. The van der Waals surface area contributed by atoms with Crippen molar-refractivity contribution in [3.05, 3.63) is 29.8 Å². The van der Waals surface area contributed by atoms with Gasteiger partial charge in [0.2, 0.25) is 0 Å². The third kappa shape index (κ3) is 3.29. The molecule has 1 saturated heterocycles. The third-order valence-corrected chi connectivity index (χ3v) is 2.54. The second kappa shape index (κ2) is 5.45. The van der Waals surface area contributed by atoms with Crippen molar-refractivity contribution in [1.29, 1.82) is 0 Å². The molecule has 1 fully saturated rings. The minimum absolute atomic E-state index is 0.272. The number of carboxylic acid groups (broad SMARTS) is 1. The van der Waals surface area contributed by atoms with E-state index in [9.17, 15) is 4.79 Å². The summed E-state index contributed by atoms with van der Waals surface area (Å²) in [6, 6.07) is 6.50. The lowest BCUT2D eigenvalue weighted by molar-refractivity contribution is 0.0697. The van der Waals surface area contributed by atoms with Crippen LogP contribution in [-0.4, -0.2) is 30.0 Å². The van der Waals surface area contributed by atoms with Gasteiger partial charge < -0.3 is 9.84 Å². The Morgan fingerprint density at radius 2 is 1.88 bits per heavy atom. The molecule has 2 N–H and O–H groups in total. The van der Waals surface area contributed by atoms with E-state index in [1.807, 2.05) is 0 Å². The Morgan fingerprint density at radius 3 is 2.47 bits per heavy atom. The molecule has 0 spiro atoms. The zero-order valence-corrected chi connectivity index (χ0v) is 9.35. The normalized spacial score (nSPS) is 15.4. The summed E-state index contributed by atoms with van der Waals surface area (Å²) in [6.07, 6.45) is 1.69. The van der Waals surface area contributed by atoms with Crippen LogP contribution < -0.4 is 5.43 Å². The summed E-state index contributed by atoms with van der Waals surface area (Å²) in [4.78, 5) is 10.7. The predicted molar refractivity (Wildman–Crippen MR) is 64.5 cm³/mol. The number of carbonyl (C=O) groups is 1. The molecule has 1 aromatic rings. The number of aromatic carboxylic acids is 1. The molecule has 1 aliphatic rings. The maximum Gasteiger partial charge on any atom is 0.335 e. The number of nitrogens with zero attached hydrogens (tertiary/aromatic N) is 1. The number of benzene rings is 1. The van der Waals surface area contributed by atoms with Crippen LogP contribution >= 0.6 is 0 Å². The van der Waals surface area contributed by atoms with Gasteiger partial charge in [0.25, 0.3) is 0 Å². The van der Waals surface area contributed by atoms with E-state index < -0.39 is 5.97 Å². The molecule has 0 atom stereocenters. The number of hydrogen-bond acceptors (Lipinski definition) is 4. The highest BCUT2D eigenvalue weighted by Gasteiger charge is 2.06. The molecule has 1 aromatic carbocycles. The molecule has 0 radical (unpaired) electrons. The van der Waals surface area contributed by atoms with Crippen molar-refractivity contribution in [3.63, 3.8) is 0 Å². The van der Waals surface area contributed by atoms with Gasteiger partial charge in [-0.05, 0) is 24.3 Å². The van der Waals surface area contributed by atoms with Gasteiger partial charge in [-0.3, -0.25) is 5.43 Å². The fraction of sp³-hybridized carbons (Fsp3) is 0.333. The second-order valence-corrected chi connectivity index (χ2v) is 3.78. The van der Waals surface area contributed by atoms with E-state index in [0.29, 0.717) is 0 Å². The quantitative estimate of drug-likeness (QED) is 0.784. The Bertz CT molecular complexity index is 418. The summed E-state index contributed by atoms with van der Waals surface area (Å²) >= 11 is 0. The van der Waals surface area contributed by atoms with Gasteiger partial charge in [-0.1, -0.05) is 0 Å². The maximum atomic E-state index is 10.7. The summed E-state index contributed by atoms with van der Waals surface area (Å²) in [6.45, 7) is 1.44. The van der Waals surface area contributed by atoms with Gasteiger partial charge in [0.05, 0.1) is 24.5 Å². The fourth-order valence-electron chi connectivity index (χ4n) is 1.55. The third-order valence-electron chi connectivity index (χ3n) is 2.54. The molecule has 0 aliphatic carbocycles. The van der Waals surface area contributed by atoms with Crippen LogP contribution in [0.4, 0.5) is 5.69 Å². The maximum absolute atomic E-state index is 10.7. The first kappa shape index (κ1) is 11.6. The molecule has 5 heteroatoms. The Hall–Kier alpha value is -1.88. The van der Waals surface area contributed by atoms with E-state index in [-0.39, 0.29) is 5.56 Å². The highest BCUT2D eigenvalue weighted by atomic mass is 16.5. The first-order valence-electron chi connectivity index (χ1n) is 5.48. The van der Waals surface area contributed by atoms with E-state index in [4.69, 9.17) is 9.84 Å². The average molecular weight is 234 g/mol. The average Bonchev–Trinajstić information content (AvgIpc) is 2.38. The van der Waals surface area contributed by atoms with Crippen LogP contribution in [0.5, 0.6) is 0 Å². The van der Waals surface area contributed by atoms with E-state index in [0.717, 1.165) is 37.5 Å². The summed E-state index contributed by atoms with van der Waals surface area (Å²) in [5, 5.41) is 13.0. The molecule has 0 aromatic heterocycles. The largest absolute Gasteiger partial charge is 0.478 e. The minimum Gasteiger partial charge on any atom is -0.478 e. The highest BCUT2D eigenvalue weighted by molar-refractivity contribution is 5.88. The van der Waals surface area contributed by atoms with Crippen molar-refractivity contribution in [3.8, 4) is 0 Å². The van der Waals surface area contributed by atoms with Crippen LogP contribution in [0.15, 0.2) is 29.4 Å². The summed E-state index contributed by atoms with van der Waals surface area (Å²) in [5.41, 5.74) is 5.06. The van der Waals surface area contributed by atoms with Gasteiger partial charge in [-0.25, -0.2) is 4.79 Å². The molecule has 0 amide bonds. The van der Waals surface area contributed by atoms with Gasteiger partial charge in [-0.15, -0.1) is 0 Å². The Kier molecular flexibility index (Phi) is 3.72. The first-order chi connectivity index (χ1) is 8.25. The predicted octanol–water partition coefficient (Wildman–Crippen LogP) is 1.96. The van der Waals surface area contributed by atoms with E-state index >= 15 is 0 Å². The number of nitrogens with one attached hydrogen (secondary N) is 1. The molecule has 0 saturated carbocycles. The standard InChI is InChI=1S/C12H14N2O3/c15-12(16)9-1-3-10(4-2-9)13-14-11-5-7-17-8-6-11/h1-4,13H,5-8H2,(H,15,16). The van der Waals surface area contributed by atoms with Gasteiger partial charge >= 0.3 is 5.97 Å². The first-order valence-corrected chi connectivity index (χ1v) is 5.48. The number of carboxylic acids is 1. The molecule has 2 rings (SSSR count). The zero-order chi connectivity index (χ0) is 12.1. The molecule has 17 heavy (non-hydrogen) atoms. The molecule has 1 aliphatic heterocycles. The number of anilines is 1. The molecule has 5 nitrogen and oxygen atoms in total. The minimum atomic E-state index is -0.924. The summed E-state index contributed by atoms with van der Waals surface area (Å²) in [5.74, 6) is -0.924. The summed E-state index contributed by atoms with van der Waals surface area (Å²) in [7, 11) is 0. The molecular formula is C12H14N2O3. The van der Waals surface area contributed by atoms with Crippen molar-refractivity contribution in [1.82, 2.24) is 0 Å². The lowest BCUT2D eigenvalue weighted by Gasteiger charge is -2.13. The highest BCUT2D eigenvalue weighted by Crippen LogP contribution is 2.10. The Labute approximate surface area is 99.1 Å². The SMILES string of the molecule is O=C(O)c1ccc(NN=C2CCOCC2)cc1. The molecule has 1 heterocycles. The van der Waals surface area contributed by atoms with Crippen LogP contribution in [0, 0.1) is 0 Å². The van der Waals surface area contributed by atoms with Crippen molar-refractivity contribution in [2.24, 2.45) is 5.10 Å². The molecule has 0 bridgehead atoms. The van der Waals surface area contributed by atoms with Crippen LogP contribution in [0.2, 0.25) is 0 Å². The van der Waals surface area contributed by atoms with Crippen LogP contribution in [0.3, 0.4) is 0 Å². The number of hydrazone groups is 1. The Balaban J connectivity index is 1.96. The fourth-order valence-corrected chi connectivity index (χ4v) is 1.55. The number of rotatable bonds is 3. The van der Waals surface area contributed by atoms with Gasteiger partial charge in [0.1, 0.15) is 0 Å². The van der Waals surface area contributed by atoms with Gasteiger partial charge in [-0.2, -0.15) is 5.10 Å². The van der Waals surface area contributed by atoms with Gasteiger partial charge in [0.15, 0.2) is 0 Å². The van der Waals surface area contributed by atoms with Crippen LogP contribution in [-0.2, 0) is 4.74 Å². The lowest BCUT2D eigenvalue weighted by Crippen LogP contribution is -2.16. The molecular weight excluding hydrogens is 220 g/mol. The number of hydrogen-bond donors (Lipinski definition) is 2. The monoisotopic (exact) mass is 234 g/mol. The number of ether oxygens (including phenoxy) is 1. The smallest absolute Gasteiger partial charge is 0.335 e.